The lowest BCUT2D eigenvalue weighted by atomic mass is 9.71. The summed E-state index contributed by atoms with van der Waals surface area (Å²) in [6.45, 7) is 4.22. The van der Waals surface area contributed by atoms with Gasteiger partial charge in [0.25, 0.3) is 0 Å². The van der Waals surface area contributed by atoms with Crippen LogP contribution in [0.15, 0.2) is 0 Å². The summed E-state index contributed by atoms with van der Waals surface area (Å²) in [6.07, 6.45) is 5.56. The third-order valence-electron chi connectivity index (χ3n) is 3.95. The van der Waals surface area contributed by atoms with E-state index in [9.17, 15) is 0 Å². The van der Waals surface area contributed by atoms with Gasteiger partial charge >= 0.3 is 0 Å². The molecule has 3 atom stereocenters. The lowest BCUT2D eigenvalue weighted by molar-refractivity contribution is 0.197. The molecular formula is C11H17N. The molecule has 2 aliphatic rings. The summed E-state index contributed by atoms with van der Waals surface area (Å²) in [4.78, 5) is 0. The van der Waals surface area contributed by atoms with Crippen LogP contribution in [0.4, 0.5) is 0 Å². The highest BCUT2D eigenvalue weighted by molar-refractivity contribution is 5.04. The van der Waals surface area contributed by atoms with Gasteiger partial charge < -0.3 is 0 Å². The number of nitrogens with zero attached hydrogens (tertiary/aromatic N) is 1. The average Bonchev–Trinajstić information content (AvgIpc) is 2.64. The van der Waals surface area contributed by atoms with Crippen molar-refractivity contribution in [2.75, 3.05) is 0 Å². The first kappa shape index (κ1) is 8.10. The van der Waals surface area contributed by atoms with Crippen molar-refractivity contribution in [1.82, 2.24) is 0 Å². The summed E-state index contributed by atoms with van der Waals surface area (Å²) >= 11 is 0. The maximum absolute atomic E-state index is 9.03. The van der Waals surface area contributed by atoms with Crippen molar-refractivity contribution in [2.45, 2.75) is 39.5 Å². The molecule has 0 spiro atoms. The molecule has 2 bridgehead atoms. The third-order valence-corrected chi connectivity index (χ3v) is 3.95. The average molecular weight is 163 g/mol. The smallest absolute Gasteiger partial charge is 0.0686 e. The Kier molecular flexibility index (Phi) is 1.68. The highest BCUT2D eigenvalue weighted by atomic mass is 14.5. The largest absolute Gasteiger partial charge is 0.198 e. The molecule has 12 heavy (non-hydrogen) atoms. The second kappa shape index (κ2) is 2.49. The van der Waals surface area contributed by atoms with Gasteiger partial charge in [-0.05, 0) is 50.9 Å². The third kappa shape index (κ3) is 1.05. The van der Waals surface area contributed by atoms with Gasteiger partial charge in [0.2, 0.25) is 0 Å². The molecule has 0 heterocycles. The first-order valence-corrected chi connectivity index (χ1v) is 5.05. The van der Waals surface area contributed by atoms with Crippen LogP contribution in [-0.4, -0.2) is 0 Å². The summed E-state index contributed by atoms with van der Waals surface area (Å²) in [5, 5.41) is 9.03. The van der Waals surface area contributed by atoms with E-state index in [1.165, 1.54) is 25.7 Å². The molecule has 0 aromatic heterocycles. The van der Waals surface area contributed by atoms with Crippen LogP contribution >= 0.6 is 0 Å². The number of hydrogen-bond donors (Lipinski definition) is 0. The maximum Gasteiger partial charge on any atom is 0.0686 e. The Morgan fingerprint density at radius 3 is 2.42 bits per heavy atom. The molecule has 0 aromatic rings. The SMILES string of the molecule is CC(C)(C#N)C1CC2CCC1C2. The van der Waals surface area contributed by atoms with Crippen LogP contribution in [0, 0.1) is 34.5 Å². The van der Waals surface area contributed by atoms with Gasteiger partial charge in [0.15, 0.2) is 0 Å². The normalized spacial score (nSPS) is 39.9. The summed E-state index contributed by atoms with van der Waals surface area (Å²) in [5.74, 6) is 2.54. The van der Waals surface area contributed by atoms with Gasteiger partial charge in [-0.2, -0.15) is 5.26 Å². The van der Waals surface area contributed by atoms with Gasteiger partial charge in [-0.1, -0.05) is 6.42 Å². The van der Waals surface area contributed by atoms with E-state index in [-0.39, 0.29) is 5.41 Å². The molecule has 0 N–H and O–H groups in total. The topological polar surface area (TPSA) is 23.8 Å². The van der Waals surface area contributed by atoms with Gasteiger partial charge in [-0.25, -0.2) is 0 Å². The minimum atomic E-state index is -0.0696. The Balaban J connectivity index is 2.13. The van der Waals surface area contributed by atoms with E-state index >= 15 is 0 Å². The summed E-state index contributed by atoms with van der Waals surface area (Å²) < 4.78 is 0. The molecule has 0 radical (unpaired) electrons. The number of hydrogen-bond acceptors (Lipinski definition) is 1. The Morgan fingerprint density at radius 1 is 1.25 bits per heavy atom. The van der Waals surface area contributed by atoms with Crippen molar-refractivity contribution in [2.24, 2.45) is 23.2 Å². The van der Waals surface area contributed by atoms with E-state index in [1.54, 1.807) is 0 Å². The standard InChI is InChI=1S/C11H17N/c1-11(2,7-12)10-6-8-3-4-9(10)5-8/h8-10H,3-6H2,1-2H3. The van der Waals surface area contributed by atoms with Crippen LogP contribution in [0.3, 0.4) is 0 Å². The van der Waals surface area contributed by atoms with Crippen LogP contribution in [0.2, 0.25) is 0 Å². The molecule has 0 aromatic carbocycles. The molecule has 66 valence electrons. The van der Waals surface area contributed by atoms with Crippen LogP contribution in [-0.2, 0) is 0 Å². The van der Waals surface area contributed by atoms with Gasteiger partial charge in [-0.15, -0.1) is 0 Å². The van der Waals surface area contributed by atoms with Crippen molar-refractivity contribution in [1.29, 1.82) is 5.26 Å². The quantitative estimate of drug-likeness (QED) is 0.583. The number of rotatable bonds is 1. The Morgan fingerprint density at radius 2 is 2.00 bits per heavy atom. The van der Waals surface area contributed by atoms with E-state index < -0.39 is 0 Å². The zero-order valence-corrected chi connectivity index (χ0v) is 8.01. The van der Waals surface area contributed by atoms with Gasteiger partial charge in [-0.3, -0.25) is 0 Å². The second-order valence-corrected chi connectivity index (χ2v) is 5.11. The second-order valence-electron chi connectivity index (χ2n) is 5.11. The van der Waals surface area contributed by atoms with Crippen LogP contribution in [0.1, 0.15) is 39.5 Å². The summed E-state index contributed by atoms with van der Waals surface area (Å²) in [7, 11) is 0. The first-order chi connectivity index (χ1) is 5.63. The molecule has 2 fully saturated rings. The van der Waals surface area contributed by atoms with E-state index in [2.05, 4.69) is 19.9 Å². The minimum Gasteiger partial charge on any atom is -0.198 e. The molecule has 2 aliphatic carbocycles. The molecular weight excluding hydrogens is 146 g/mol. The highest BCUT2D eigenvalue weighted by Crippen LogP contribution is 2.54. The minimum absolute atomic E-state index is 0.0696. The molecule has 0 saturated heterocycles. The fourth-order valence-corrected chi connectivity index (χ4v) is 3.21. The first-order valence-electron chi connectivity index (χ1n) is 5.05. The monoisotopic (exact) mass is 163 g/mol. The van der Waals surface area contributed by atoms with E-state index in [0.717, 1.165) is 11.8 Å². The summed E-state index contributed by atoms with van der Waals surface area (Å²) in [5.41, 5.74) is -0.0696. The Bertz CT molecular complexity index is 224. The summed E-state index contributed by atoms with van der Waals surface area (Å²) in [6, 6.07) is 2.47. The van der Waals surface area contributed by atoms with Crippen molar-refractivity contribution in [3.8, 4) is 6.07 Å². The number of nitriles is 1. The predicted octanol–water partition coefficient (Wildman–Crippen LogP) is 2.97. The van der Waals surface area contributed by atoms with Crippen molar-refractivity contribution in [3.05, 3.63) is 0 Å². The molecule has 2 rings (SSSR count). The van der Waals surface area contributed by atoms with E-state index in [0.29, 0.717) is 5.92 Å². The molecule has 0 amide bonds. The molecule has 2 saturated carbocycles. The molecule has 1 nitrogen and oxygen atoms in total. The highest BCUT2D eigenvalue weighted by Gasteiger charge is 2.46. The lowest BCUT2D eigenvalue weighted by Crippen LogP contribution is -2.27. The van der Waals surface area contributed by atoms with Gasteiger partial charge in [0.05, 0.1) is 11.5 Å². The lowest BCUT2D eigenvalue weighted by Gasteiger charge is -2.31. The van der Waals surface area contributed by atoms with E-state index in [4.69, 9.17) is 5.26 Å². The molecule has 1 heteroatoms. The number of fused-ring (bicyclic) bond motifs is 2. The Labute approximate surface area is 74.8 Å². The Hall–Kier alpha value is -0.510. The van der Waals surface area contributed by atoms with Crippen LogP contribution < -0.4 is 0 Å². The molecule has 3 unspecified atom stereocenters. The van der Waals surface area contributed by atoms with Gasteiger partial charge in [0, 0.05) is 0 Å². The van der Waals surface area contributed by atoms with Crippen molar-refractivity contribution in [3.63, 3.8) is 0 Å². The predicted molar refractivity (Wildman–Crippen MR) is 48.3 cm³/mol. The fraction of sp³-hybridized carbons (Fsp3) is 0.909. The maximum atomic E-state index is 9.03. The van der Waals surface area contributed by atoms with Crippen molar-refractivity contribution >= 4 is 0 Å². The fourth-order valence-electron chi connectivity index (χ4n) is 3.21. The van der Waals surface area contributed by atoms with Crippen LogP contribution in [0.25, 0.3) is 0 Å². The van der Waals surface area contributed by atoms with E-state index in [1.807, 2.05) is 0 Å². The van der Waals surface area contributed by atoms with Crippen LogP contribution in [0.5, 0.6) is 0 Å². The zero-order valence-electron chi connectivity index (χ0n) is 8.01. The zero-order chi connectivity index (χ0) is 8.77. The molecule has 0 aliphatic heterocycles. The van der Waals surface area contributed by atoms with Gasteiger partial charge in [0.1, 0.15) is 0 Å². The van der Waals surface area contributed by atoms with Crippen molar-refractivity contribution < 1.29 is 0 Å².